The average Bonchev–Trinajstić information content (AvgIpc) is 3.06. The van der Waals surface area contributed by atoms with E-state index in [9.17, 15) is 24.3 Å². The van der Waals surface area contributed by atoms with Crippen LogP contribution < -0.4 is 5.73 Å². The van der Waals surface area contributed by atoms with Gasteiger partial charge in [0.25, 0.3) is 5.91 Å². The zero-order valence-corrected chi connectivity index (χ0v) is 14.8. The van der Waals surface area contributed by atoms with Crippen LogP contribution in [0.25, 0.3) is 0 Å². The van der Waals surface area contributed by atoms with E-state index in [0.717, 1.165) is 24.7 Å². The fourth-order valence-electron chi connectivity index (χ4n) is 2.63. The highest BCUT2D eigenvalue weighted by Gasteiger charge is 2.51. The first-order valence-electron chi connectivity index (χ1n) is 7.80. The summed E-state index contributed by atoms with van der Waals surface area (Å²) in [7, 11) is 0. The molecule has 12 heteroatoms. The summed E-state index contributed by atoms with van der Waals surface area (Å²) in [4.78, 5) is 49.0. The first-order chi connectivity index (χ1) is 12.6. The number of carbonyl (C=O) groups is 4. The molecule has 0 saturated carbocycles. The van der Waals surface area contributed by atoms with Crippen LogP contribution in [-0.2, 0) is 33.3 Å². The number of hydrogen-bond donors (Lipinski definition) is 2. The van der Waals surface area contributed by atoms with Crippen LogP contribution in [0.5, 0.6) is 5.88 Å². The molecule has 4 atom stereocenters. The fraction of sp³-hybridized carbons (Fsp3) is 0.533. The molecule has 1 saturated heterocycles. The Balaban J connectivity index is 2.41. The highest BCUT2D eigenvalue weighted by atomic mass is 16.7. The molecule has 3 N–H and O–H groups in total. The van der Waals surface area contributed by atoms with Gasteiger partial charge in [0.1, 0.15) is 19.0 Å². The van der Waals surface area contributed by atoms with Gasteiger partial charge in [-0.2, -0.15) is 0 Å². The van der Waals surface area contributed by atoms with Gasteiger partial charge in [-0.15, -0.1) is 0 Å². The van der Waals surface area contributed by atoms with E-state index in [1.165, 1.54) is 6.92 Å². The van der Waals surface area contributed by atoms with Gasteiger partial charge >= 0.3 is 17.9 Å². The van der Waals surface area contributed by atoms with Gasteiger partial charge in [0, 0.05) is 20.8 Å². The Morgan fingerprint density at radius 3 is 2.22 bits per heavy atom. The molecule has 4 unspecified atom stereocenters. The van der Waals surface area contributed by atoms with Gasteiger partial charge in [-0.25, -0.2) is 4.98 Å². The number of aromatic nitrogens is 2. The molecule has 1 amide bonds. The molecule has 27 heavy (non-hydrogen) atoms. The summed E-state index contributed by atoms with van der Waals surface area (Å²) in [5.74, 6) is -3.62. The van der Waals surface area contributed by atoms with Crippen LogP contribution in [0.2, 0.25) is 0 Å². The second-order valence-electron chi connectivity index (χ2n) is 5.70. The van der Waals surface area contributed by atoms with Crippen LogP contribution in [0.3, 0.4) is 0 Å². The Morgan fingerprint density at radius 1 is 1.15 bits per heavy atom. The molecule has 0 aromatic carbocycles. The number of aromatic hydroxyl groups is 1. The number of esters is 3. The summed E-state index contributed by atoms with van der Waals surface area (Å²) in [6, 6.07) is 0. The second kappa shape index (κ2) is 8.03. The van der Waals surface area contributed by atoms with Gasteiger partial charge in [0.05, 0.1) is 0 Å². The molecule has 0 spiro atoms. The minimum atomic E-state index is -1.22. The number of primary amides is 1. The molecule has 2 rings (SSSR count). The van der Waals surface area contributed by atoms with Gasteiger partial charge in [-0.05, 0) is 0 Å². The van der Waals surface area contributed by atoms with Crippen molar-refractivity contribution in [1.29, 1.82) is 0 Å². The molecular formula is C15H19N3O9. The lowest BCUT2D eigenvalue weighted by Gasteiger charge is -2.23. The quantitative estimate of drug-likeness (QED) is 0.458. The minimum absolute atomic E-state index is 0.306. The van der Waals surface area contributed by atoms with Gasteiger partial charge in [0.2, 0.25) is 5.88 Å². The summed E-state index contributed by atoms with van der Waals surface area (Å²) in [6.07, 6.45) is -3.54. The number of nitrogens with zero attached hydrogens (tertiary/aromatic N) is 2. The molecule has 0 radical (unpaired) electrons. The van der Waals surface area contributed by atoms with Crippen molar-refractivity contribution in [2.45, 2.75) is 45.3 Å². The van der Waals surface area contributed by atoms with Crippen molar-refractivity contribution in [3.8, 4) is 5.88 Å². The van der Waals surface area contributed by atoms with Crippen molar-refractivity contribution in [2.24, 2.45) is 5.73 Å². The van der Waals surface area contributed by atoms with Gasteiger partial charge < -0.3 is 29.8 Å². The van der Waals surface area contributed by atoms with Crippen LogP contribution >= 0.6 is 0 Å². The predicted octanol–water partition coefficient (Wildman–Crippen LogP) is -0.988. The van der Waals surface area contributed by atoms with Crippen molar-refractivity contribution in [2.75, 3.05) is 6.61 Å². The molecule has 1 aliphatic heterocycles. The van der Waals surface area contributed by atoms with Crippen LogP contribution in [0.4, 0.5) is 0 Å². The number of imidazole rings is 1. The molecule has 0 bridgehead atoms. The van der Waals surface area contributed by atoms with E-state index in [1.54, 1.807) is 0 Å². The molecule has 12 nitrogen and oxygen atoms in total. The Kier molecular flexibility index (Phi) is 6.00. The maximum Gasteiger partial charge on any atom is 0.303 e. The lowest BCUT2D eigenvalue weighted by Crippen LogP contribution is -2.40. The number of nitrogens with two attached hydrogens (primary N) is 1. The van der Waals surface area contributed by atoms with Crippen LogP contribution in [0.15, 0.2) is 6.33 Å². The Morgan fingerprint density at radius 2 is 1.74 bits per heavy atom. The molecule has 1 fully saturated rings. The maximum atomic E-state index is 11.5. The van der Waals surface area contributed by atoms with Crippen molar-refractivity contribution in [1.82, 2.24) is 9.55 Å². The number of rotatable bonds is 6. The summed E-state index contributed by atoms with van der Waals surface area (Å²) in [5, 5.41) is 10.2. The van der Waals surface area contributed by atoms with E-state index in [1.807, 2.05) is 0 Å². The van der Waals surface area contributed by atoms with E-state index in [0.29, 0.717) is 0 Å². The lowest BCUT2D eigenvalue weighted by molar-refractivity contribution is -0.166. The van der Waals surface area contributed by atoms with Crippen molar-refractivity contribution < 1.29 is 43.2 Å². The third-order valence-electron chi connectivity index (χ3n) is 3.62. The standard InChI is InChI=1S/C15H19N3O9/c1-6(19)24-4-9-11(25-7(2)20)12(26-8(3)21)15(27-9)18-5-17-10(13(16)22)14(18)23/h5,9,11-12,15,23H,4H2,1-3H3,(H2,16,22). The van der Waals surface area contributed by atoms with Gasteiger partial charge in [-0.1, -0.05) is 0 Å². The summed E-state index contributed by atoms with van der Waals surface area (Å²) < 4.78 is 21.9. The molecule has 2 heterocycles. The zero-order valence-electron chi connectivity index (χ0n) is 14.8. The number of carbonyl (C=O) groups excluding carboxylic acids is 4. The Hall–Kier alpha value is -3.15. The normalized spacial score (nSPS) is 24.3. The highest BCUT2D eigenvalue weighted by molar-refractivity contribution is 5.93. The summed E-state index contributed by atoms with van der Waals surface area (Å²) >= 11 is 0. The van der Waals surface area contributed by atoms with Crippen LogP contribution in [0, 0.1) is 0 Å². The SMILES string of the molecule is CC(=O)OCC1OC(n2cnc(C(N)=O)c2O)C(OC(C)=O)C1OC(C)=O. The van der Waals surface area contributed by atoms with E-state index < -0.39 is 59.9 Å². The largest absolute Gasteiger partial charge is 0.493 e. The number of ether oxygens (including phenoxy) is 4. The second-order valence-corrected chi connectivity index (χ2v) is 5.70. The monoisotopic (exact) mass is 385 g/mol. The van der Waals surface area contributed by atoms with E-state index in [4.69, 9.17) is 24.7 Å². The summed E-state index contributed by atoms with van der Waals surface area (Å²) in [5.41, 5.74) is 4.69. The molecule has 1 aromatic rings. The van der Waals surface area contributed by atoms with E-state index >= 15 is 0 Å². The average molecular weight is 385 g/mol. The third-order valence-corrected chi connectivity index (χ3v) is 3.62. The Labute approximate surface area is 153 Å². The lowest BCUT2D eigenvalue weighted by atomic mass is 10.1. The van der Waals surface area contributed by atoms with Crippen molar-refractivity contribution in [3.63, 3.8) is 0 Å². The van der Waals surface area contributed by atoms with E-state index in [2.05, 4.69) is 4.98 Å². The predicted molar refractivity (Wildman–Crippen MR) is 84.1 cm³/mol. The minimum Gasteiger partial charge on any atom is -0.493 e. The molecule has 1 aliphatic rings. The molecule has 1 aromatic heterocycles. The first-order valence-corrected chi connectivity index (χ1v) is 7.80. The fourth-order valence-corrected chi connectivity index (χ4v) is 2.63. The van der Waals surface area contributed by atoms with Crippen molar-refractivity contribution >= 4 is 23.8 Å². The van der Waals surface area contributed by atoms with Gasteiger partial charge in [0.15, 0.2) is 24.1 Å². The maximum absolute atomic E-state index is 11.5. The zero-order chi connectivity index (χ0) is 20.3. The first kappa shape index (κ1) is 20.2. The van der Waals surface area contributed by atoms with Gasteiger partial charge in [-0.3, -0.25) is 23.7 Å². The smallest absolute Gasteiger partial charge is 0.303 e. The highest BCUT2D eigenvalue weighted by Crippen LogP contribution is 2.37. The molecule has 148 valence electrons. The number of hydrogen-bond acceptors (Lipinski definition) is 10. The molecule has 0 aliphatic carbocycles. The van der Waals surface area contributed by atoms with Crippen LogP contribution in [0.1, 0.15) is 37.5 Å². The topological polar surface area (TPSA) is 169 Å². The van der Waals surface area contributed by atoms with Crippen LogP contribution in [-0.4, -0.2) is 63.4 Å². The Bertz CT molecular complexity index is 760. The molecular weight excluding hydrogens is 366 g/mol. The van der Waals surface area contributed by atoms with Crippen molar-refractivity contribution in [3.05, 3.63) is 12.0 Å². The third kappa shape index (κ3) is 4.53. The van der Waals surface area contributed by atoms with E-state index in [-0.39, 0.29) is 6.61 Å². The number of amides is 1. The summed E-state index contributed by atoms with van der Waals surface area (Å²) in [6.45, 7) is 3.14.